The fourth-order valence-electron chi connectivity index (χ4n) is 3.13. The minimum Gasteiger partial charge on any atom is -0.411 e. The summed E-state index contributed by atoms with van der Waals surface area (Å²) in [5, 5.41) is 1.38. The van der Waals surface area contributed by atoms with E-state index in [9.17, 15) is 0 Å². The number of ether oxygens (including phenoxy) is 1. The number of hydrogen-bond donors (Lipinski definition) is 0. The van der Waals surface area contributed by atoms with Gasteiger partial charge in [0, 0.05) is 6.10 Å². The molecule has 1 aliphatic heterocycles. The molecule has 3 heteroatoms. The summed E-state index contributed by atoms with van der Waals surface area (Å²) in [4.78, 5) is 0. The van der Waals surface area contributed by atoms with Gasteiger partial charge >= 0.3 is 0 Å². The Morgan fingerprint density at radius 3 is 2.52 bits per heavy atom. The van der Waals surface area contributed by atoms with Gasteiger partial charge in [0.25, 0.3) is 0 Å². The van der Waals surface area contributed by atoms with Crippen LogP contribution in [0.5, 0.6) is 0 Å². The van der Waals surface area contributed by atoms with Crippen LogP contribution in [0.25, 0.3) is 0 Å². The molecule has 1 aromatic rings. The Balaban J connectivity index is 2.03. The molecule has 0 saturated heterocycles. The van der Waals surface area contributed by atoms with Gasteiger partial charge in [-0.3, -0.25) is 0 Å². The number of benzene rings is 1. The summed E-state index contributed by atoms with van der Waals surface area (Å²) in [6, 6.07) is 10.3. The molecule has 116 valence electrons. The van der Waals surface area contributed by atoms with Crippen molar-refractivity contribution in [2.45, 2.75) is 53.0 Å². The van der Waals surface area contributed by atoms with Crippen molar-refractivity contribution in [1.29, 1.82) is 0 Å². The standard InChI is InChI=1S/C18H28O2Si/c1-15-11-18(2,3)12-17(21(4,5)20-15)14-19-13-16-9-7-6-8-10-16/h6-10,12,15H,11,13-14H2,1-5H3. The Hall–Kier alpha value is -0.903. The van der Waals surface area contributed by atoms with Gasteiger partial charge in [0.05, 0.1) is 13.2 Å². The maximum absolute atomic E-state index is 6.34. The molecule has 0 saturated carbocycles. The van der Waals surface area contributed by atoms with E-state index in [1.165, 1.54) is 10.8 Å². The second kappa shape index (κ2) is 6.47. The van der Waals surface area contributed by atoms with Crippen molar-refractivity contribution < 1.29 is 9.16 Å². The monoisotopic (exact) mass is 304 g/mol. The van der Waals surface area contributed by atoms with Crippen LogP contribution in [0.1, 0.15) is 32.8 Å². The molecule has 1 aromatic carbocycles. The molecule has 1 aliphatic rings. The fraction of sp³-hybridized carbons (Fsp3) is 0.556. The van der Waals surface area contributed by atoms with Gasteiger partial charge in [-0.1, -0.05) is 50.3 Å². The van der Waals surface area contributed by atoms with Gasteiger partial charge < -0.3 is 9.16 Å². The van der Waals surface area contributed by atoms with Crippen LogP contribution in [-0.2, 0) is 15.8 Å². The predicted molar refractivity (Wildman–Crippen MR) is 90.6 cm³/mol. The van der Waals surface area contributed by atoms with Crippen molar-refractivity contribution in [3.63, 3.8) is 0 Å². The minimum atomic E-state index is -1.82. The van der Waals surface area contributed by atoms with Gasteiger partial charge in [0.15, 0.2) is 0 Å². The molecule has 1 unspecified atom stereocenters. The molecule has 0 bridgehead atoms. The molecule has 2 nitrogen and oxygen atoms in total. The Bertz CT molecular complexity index is 491. The zero-order valence-corrected chi connectivity index (χ0v) is 15.0. The Morgan fingerprint density at radius 2 is 1.86 bits per heavy atom. The Morgan fingerprint density at radius 1 is 1.19 bits per heavy atom. The molecule has 0 N–H and O–H groups in total. The highest BCUT2D eigenvalue weighted by atomic mass is 28.4. The molecule has 0 aliphatic carbocycles. The number of hydrogen-bond acceptors (Lipinski definition) is 2. The number of rotatable bonds is 4. The van der Waals surface area contributed by atoms with E-state index in [1.54, 1.807) is 0 Å². The quantitative estimate of drug-likeness (QED) is 0.750. The molecular weight excluding hydrogens is 276 g/mol. The molecule has 0 fully saturated rings. The third-order valence-corrected chi connectivity index (χ3v) is 6.84. The van der Waals surface area contributed by atoms with E-state index in [-0.39, 0.29) is 5.41 Å². The van der Waals surface area contributed by atoms with Crippen molar-refractivity contribution in [1.82, 2.24) is 0 Å². The van der Waals surface area contributed by atoms with Crippen molar-refractivity contribution >= 4 is 8.32 Å². The first-order chi connectivity index (χ1) is 9.78. The van der Waals surface area contributed by atoms with Crippen LogP contribution in [0.3, 0.4) is 0 Å². The van der Waals surface area contributed by atoms with E-state index < -0.39 is 8.32 Å². The lowest BCUT2D eigenvalue weighted by Crippen LogP contribution is -2.37. The molecule has 0 aromatic heterocycles. The highest BCUT2D eigenvalue weighted by molar-refractivity contribution is 6.78. The molecular formula is C18H28O2Si. The highest BCUT2D eigenvalue weighted by Crippen LogP contribution is 2.35. The molecule has 21 heavy (non-hydrogen) atoms. The maximum Gasteiger partial charge on any atom is 0.216 e. The summed E-state index contributed by atoms with van der Waals surface area (Å²) >= 11 is 0. The smallest absolute Gasteiger partial charge is 0.216 e. The summed E-state index contributed by atoms with van der Waals surface area (Å²) in [6.45, 7) is 12.7. The van der Waals surface area contributed by atoms with Crippen LogP contribution in [0, 0.1) is 5.41 Å². The first-order valence-electron chi connectivity index (χ1n) is 7.80. The predicted octanol–water partition coefficient (Wildman–Crippen LogP) is 4.71. The average molecular weight is 305 g/mol. The van der Waals surface area contributed by atoms with Gasteiger partial charge in [-0.2, -0.15) is 0 Å². The zero-order valence-electron chi connectivity index (χ0n) is 14.0. The Labute approximate surface area is 130 Å². The van der Waals surface area contributed by atoms with E-state index >= 15 is 0 Å². The van der Waals surface area contributed by atoms with Gasteiger partial charge in [0.1, 0.15) is 0 Å². The zero-order chi connectivity index (χ0) is 15.5. The molecule has 0 radical (unpaired) electrons. The van der Waals surface area contributed by atoms with E-state index in [2.05, 4.69) is 64.2 Å². The van der Waals surface area contributed by atoms with Crippen LogP contribution in [0.15, 0.2) is 41.6 Å². The van der Waals surface area contributed by atoms with E-state index in [0.29, 0.717) is 19.3 Å². The van der Waals surface area contributed by atoms with Crippen molar-refractivity contribution in [3.8, 4) is 0 Å². The van der Waals surface area contributed by atoms with Crippen molar-refractivity contribution in [3.05, 3.63) is 47.2 Å². The SMILES string of the molecule is CC1CC(C)(C)C=C(COCc2ccccc2)[Si](C)(C)O1. The largest absolute Gasteiger partial charge is 0.411 e. The summed E-state index contributed by atoms with van der Waals surface area (Å²) in [7, 11) is -1.82. The van der Waals surface area contributed by atoms with Crippen LogP contribution in [0.2, 0.25) is 13.1 Å². The molecule has 1 heterocycles. The first kappa shape index (κ1) is 16.5. The third kappa shape index (κ3) is 4.80. The van der Waals surface area contributed by atoms with Gasteiger partial charge in [-0.05, 0) is 42.6 Å². The van der Waals surface area contributed by atoms with Gasteiger partial charge in [-0.25, -0.2) is 0 Å². The normalized spacial score (nSPS) is 24.2. The second-order valence-electron chi connectivity index (χ2n) is 7.28. The van der Waals surface area contributed by atoms with Crippen LogP contribution in [-0.4, -0.2) is 21.0 Å². The second-order valence-corrected chi connectivity index (χ2v) is 11.2. The summed E-state index contributed by atoms with van der Waals surface area (Å²) in [5.74, 6) is 0. The average Bonchev–Trinajstić information content (AvgIpc) is 2.44. The van der Waals surface area contributed by atoms with Gasteiger partial charge in [0.2, 0.25) is 8.32 Å². The first-order valence-corrected chi connectivity index (χ1v) is 10.7. The lowest BCUT2D eigenvalue weighted by atomic mass is 9.87. The van der Waals surface area contributed by atoms with Crippen LogP contribution >= 0.6 is 0 Å². The lowest BCUT2D eigenvalue weighted by molar-refractivity contribution is 0.141. The van der Waals surface area contributed by atoms with E-state index in [4.69, 9.17) is 9.16 Å². The minimum absolute atomic E-state index is 0.186. The van der Waals surface area contributed by atoms with E-state index in [1.807, 2.05) is 6.07 Å². The summed E-state index contributed by atoms with van der Waals surface area (Å²) < 4.78 is 12.3. The van der Waals surface area contributed by atoms with E-state index in [0.717, 1.165) is 6.42 Å². The summed E-state index contributed by atoms with van der Waals surface area (Å²) in [6.07, 6.45) is 3.81. The lowest BCUT2D eigenvalue weighted by Gasteiger charge is -2.27. The topological polar surface area (TPSA) is 18.5 Å². The van der Waals surface area contributed by atoms with Crippen molar-refractivity contribution in [2.75, 3.05) is 6.61 Å². The molecule has 0 spiro atoms. The third-order valence-electron chi connectivity index (χ3n) is 4.02. The highest BCUT2D eigenvalue weighted by Gasteiger charge is 2.36. The maximum atomic E-state index is 6.34. The Kier molecular flexibility index (Phi) is 5.07. The van der Waals surface area contributed by atoms with Crippen molar-refractivity contribution in [2.24, 2.45) is 5.41 Å². The van der Waals surface area contributed by atoms with Gasteiger partial charge in [-0.15, -0.1) is 0 Å². The molecule has 2 rings (SSSR count). The number of allylic oxidation sites excluding steroid dienone is 1. The molecule has 0 amide bonds. The van der Waals surface area contributed by atoms with Crippen LogP contribution in [0.4, 0.5) is 0 Å². The molecule has 1 atom stereocenters. The fourth-order valence-corrected chi connectivity index (χ4v) is 5.56. The van der Waals surface area contributed by atoms with Crippen LogP contribution < -0.4 is 0 Å². The summed E-state index contributed by atoms with van der Waals surface area (Å²) in [5.41, 5.74) is 1.41.